The molecule has 0 atom stereocenters. The van der Waals surface area contributed by atoms with E-state index in [0.717, 1.165) is 27.8 Å². The van der Waals surface area contributed by atoms with Crippen LogP contribution >= 0.6 is 0 Å². The number of ether oxygens (including phenoxy) is 3. The molecule has 0 fully saturated rings. The van der Waals surface area contributed by atoms with Crippen molar-refractivity contribution in [2.24, 2.45) is 0 Å². The quantitative estimate of drug-likeness (QED) is 0.772. The van der Waals surface area contributed by atoms with Gasteiger partial charge in [-0.3, -0.25) is 4.79 Å². The van der Waals surface area contributed by atoms with Crippen molar-refractivity contribution in [2.75, 3.05) is 21.3 Å². The van der Waals surface area contributed by atoms with E-state index in [-0.39, 0.29) is 29.5 Å². The number of fused-ring (bicyclic) bond motifs is 1. The van der Waals surface area contributed by atoms with Gasteiger partial charge in [0.25, 0.3) is 0 Å². The van der Waals surface area contributed by atoms with Gasteiger partial charge >= 0.3 is 5.97 Å². The molecule has 0 saturated heterocycles. The third-order valence-corrected chi connectivity index (χ3v) is 4.82. The molecule has 1 aliphatic rings. The van der Waals surface area contributed by atoms with Gasteiger partial charge in [-0.1, -0.05) is 6.07 Å². The lowest BCUT2D eigenvalue weighted by atomic mass is 10.00. The molecule has 3 rings (SSSR count). The van der Waals surface area contributed by atoms with Crippen LogP contribution in [0.3, 0.4) is 0 Å². The Morgan fingerprint density at radius 1 is 1.07 bits per heavy atom. The molecule has 5 nitrogen and oxygen atoms in total. The topological polar surface area (TPSA) is 65.0 Å². The van der Waals surface area contributed by atoms with Crippen LogP contribution in [0.1, 0.15) is 30.0 Å². The molecule has 0 radical (unpaired) electrons. The maximum absolute atomic E-state index is 13.9. The largest absolute Gasteiger partial charge is 0.502 e. The summed E-state index contributed by atoms with van der Waals surface area (Å²) in [6, 6.07) is 7.87. The molecule has 1 N–H and O–H groups in total. The third-order valence-electron chi connectivity index (χ3n) is 4.82. The Kier molecular flexibility index (Phi) is 5.40. The molecule has 0 amide bonds. The summed E-state index contributed by atoms with van der Waals surface area (Å²) in [6.07, 6.45) is 1.94. The van der Waals surface area contributed by atoms with Crippen molar-refractivity contribution < 1.29 is 28.5 Å². The minimum absolute atomic E-state index is 0.0539. The Morgan fingerprint density at radius 3 is 2.29 bits per heavy atom. The summed E-state index contributed by atoms with van der Waals surface area (Å²) in [5, 5.41) is 10.1. The monoisotopic (exact) mass is 384 g/mol. The number of carbonyl (C=O) groups excluding carboxylic acids is 1. The van der Waals surface area contributed by atoms with Crippen LogP contribution in [0.15, 0.2) is 35.9 Å². The van der Waals surface area contributed by atoms with Crippen LogP contribution in [-0.2, 0) is 9.53 Å². The Balaban J connectivity index is 2.17. The predicted molar refractivity (Wildman–Crippen MR) is 105 cm³/mol. The van der Waals surface area contributed by atoms with Crippen molar-refractivity contribution in [1.29, 1.82) is 0 Å². The fourth-order valence-electron chi connectivity index (χ4n) is 3.36. The molecular weight excluding hydrogens is 363 g/mol. The highest BCUT2D eigenvalue weighted by atomic mass is 19.1. The summed E-state index contributed by atoms with van der Waals surface area (Å²) >= 11 is 0. The Hall–Kier alpha value is -3.28. The highest BCUT2D eigenvalue weighted by Gasteiger charge is 2.26. The van der Waals surface area contributed by atoms with Gasteiger partial charge in [0.15, 0.2) is 11.5 Å². The highest BCUT2D eigenvalue weighted by Crippen LogP contribution is 2.45. The number of phenols is 1. The van der Waals surface area contributed by atoms with Gasteiger partial charge < -0.3 is 19.3 Å². The summed E-state index contributed by atoms with van der Waals surface area (Å²) in [4.78, 5) is 11.8. The van der Waals surface area contributed by atoms with E-state index in [1.807, 2.05) is 13.0 Å². The number of carbonyl (C=O) groups is 1. The summed E-state index contributed by atoms with van der Waals surface area (Å²) < 4.78 is 29.1. The maximum atomic E-state index is 13.9. The van der Waals surface area contributed by atoms with E-state index >= 15 is 0 Å². The smallest absolute Gasteiger partial charge is 0.310 e. The Morgan fingerprint density at radius 2 is 1.71 bits per heavy atom. The summed E-state index contributed by atoms with van der Waals surface area (Å²) in [6.45, 7) is 1.89. The molecule has 0 bridgehead atoms. The first-order chi connectivity index (χ1) is 13.4. The molecule has 0 aromatic heterocycles. The number of hydrogen-bond acceptors (Lipinski definition) is 5. The minimum Gasteiger partial charge on any atom is -0.502 e. The van der Waals surface area contributed by atoms with Gasteiger partial charge in [0, 0.05) is 0 Å². The van der Waals surface area contributed by atoms with Crippen molar-refractivity contribution in [1.82, 2.24) is 0 Å². The molecule has 6 heteroatoms. The van der Waals surface area contributed by atoms with Crippen LogP contribution in [0, 0.1) is 5.82 Å². The van der Waals surface area contributed by atoms with Gasteiger partial charge in [-0.2, -0.15) is 0 Å². The highest BCUT2D eigenvalue weighted by molar-refractivity contribution is 6.07. The lowest BCUT2D eigenvalue weighted by molar-refractivity contribution is -0.139. The number of methoxy groups -OCH3 is 3. The average Bonchev–Trinajstić information content (AvgIpc) is 2.93. The van der Waals surface area contributed by atoms with Gasteiger partial charge in [0.1, 0.15) is 5.82 Å². The van der Waals surface area contributed by atoms with Gasteiger partial charge in [0.2, 0.25) is 5.75 Å². The number of esters is 1. The summed E-state index contributed by atoms with van der Waals surface area (Å²) in [5.74, 6) is -0.290. The molecule has 1 aliphatic carbocycles. The van der Waals surface area contributed by atoms with Crippen molar-refractivity contribution in [3.8, 4) is 17.2 Å². The second-order valence-electron chi connectivity index (χ2n) is 6.38. The summed E-state index contributed by atoms with van der Waals surface area (Å²) in [5.41, 5.74) is 4.66. The molecule has 2 aromatic rings. The fourth-order valence-corrected chi connectivity index (χ4v) is 3.36. The number of aromatic hydroxyl groups is 1. The normalized spacial score (nSPS) is 14.2. The first-order valence-electron chi connectivity index (χ1n) is 8.63. The van der Waals surface area contributed by atoms with E-state index in [4.69, 9.17) is 14.2 Å². The molecule has 0 heterocycles. The minimum atomic E-state index is -0.390. The standard InChI is InChI=1S/C22H21FO5/c1-12-16(7-13-8-19(26-2)22(25)20(9-13)27-3)15-6-5-14(23)10-18(15)17(12)11-21(24)28-4/h5-10,25H,11H2,1-4H3/b16-7-. The molecule has 0 spiro atoms. The van der Waals surface area contributed by atoms with Gasteiger partial charge in [0.05, 0.1) is 27.8 Å². The van der Waals surface area contributed by atoms with E-state index in [2.05, 4.69) is 0 Å². The molecule has 2 aromatic carbocycles. The number of rotatable bonds is 5. The van der Waals surface area contributed by atoms with Crippen LogP contribution < -0.4 is 9.47 Å². The van der Waals surface area contributed by atoms with Crippen molar-refractivity contribution in [3.05, 3.63) is 58.4 Å². The lowest BCUT2D eigenvalue weighted by Crippen LogP contribution is -2.01. The van der Waals surface area contributed by atoms with E-state index in [9.17, 15) is 14.3 Å². The van der Waals surface area contributed by atoms with Crippen molar-refractivity contribution >= 4 is 23.2 Å². The second kappa shape index (κ2) is 7.76. The van der Waals surface area contributed by atoms with Crippen molar-refractivity contribution in [2.45, 2.75) is 13.3 Å². The van der Waals surface area contributed by atoms with E-state index < -0.39 is 5.97 Å². The van der Waals surface area contributed by atoms with Crippen LogP contribution in [0.25, 0.3) is 17.2 Å². The Bertz CT molecular complexity index is 979. The molecule has 0 unspecified atom stereocenters. The predicted octanol–water partition coefficient (Wildman–Crippen LogP) is 4.44. The first-order valence-corrected chi connectivity index (χ1v) is 8.63. The number of phenolic OH excluding ortho intramolecular Hbond substituents is 1. The van der Waals surface area contributed by atoms with Gasteiger partial charge in [-0.25, -0.2) is 4.39 Å². The third kappa shape index (κ3) is 3.45. The second-order valence-corrected chi connectivity index (χ2v) is 6.38. The maximum Gasteiger partial charge on any atom is 0.310 e. The van der Waals surface area contributed by atoms with Gasteiger partial charge in [-0.15, -0.1) is 0 Å². The number of hydrogen-bond donors (Lipinski definition) is 1. The summed E-state index contributed by atoms with van der Waals surface area (Å²) in [7, 11) is 4.24. The number of allylic oxidation sites excluding steroid dienone is 2. The van der Waals surface area contributed by atoms with Gasteiger partial charge in [-0.05, 0) is 70.7 Å². The molecule has 0 saturated carbocycles. The number of halogens is 1. The first kappa shape index (κ1) is 19.5. The fraction of sp³-hybridized carbons (Fsp3) is 0.227. The average molecular weight is 384 g/mol. The zero-order valence-corrected chi connectivity index (χ0v) is 16.1. The van der Waals surface area contributed by atoms with Crippen molar-refractivity contribution in [3.63, 3.8) is 0 Å². The van der Waals surface area contributed by atoms with E-state index in [1.54, 1.807) is 18.2 Å². The molecule has 0 aliphatic heterocycles. The van der Waals surface area contributed by atoms with Crippen LogP contribution in [0.5, 0.6) is 17.2 Å². The Labute approximate surface area is 162 Å². The van der Waals surface area contributed by atoms with Crippen LogP contribution in [0.2, 0.25) is 0 Å². The lowest BCUT2D eigenvalue weighted by Gasteiger charge is -2.11. The molecule has 146 valence electrons. The number of benzene rings is 2. The van der Waals surface area contributed by atoms with Crippen LogP contribution in [-0.4, -0.2) is 32.4 Å². The van der Waals surface area contributed by atoms with Crippen LogP contribution in [0.4, 0.5) is 4.39 Å². The molecule has 28 heavy (non-hydrogen) atoms. The van der Waals surface area contributed by atoms with E-state index in [1.165, 1.54) is 33.5 Å². The SMILES string of the molecule is COC(=O)CC1=C(C)/C(=C/c2cc(OC)c(O)c(OC)c2)c2ccc(F)cc21. The zero-order chi connectivity index (χ0) is 20.4. The molecular formula is C22H21FO5. The van der Waals surface area contributed by atoms with E-state index in [0.29, 0.717) is 5.56 Å². The zero-order valence-electron chi connectivity index (χ0n) is 16.1.